The van der Waals surface area contributed by atoms with E-state index in [4.69, 9.17) is 9.47 Å². The molecule has 3 heterocycles. The largest absolute Gasteiger partial charge is 0.350 e. The summed E-state index contributed by atoms with van der Waals surface area (Å²) in [5.74, 6) is 1.02. The van der Waals surface area contributed by atoms with E-state index >= 15 is 0 Å². The van der Waals surface area contributed by atoms with Crippen molar-refractivity contribution in [1.29, 1.82) is 0 Å². The van der Waals surface area contributed by atoms with Gasteiger partial charge in [-0.3, -0.25) is 0 Å². The van der Waals surface area contributed by atoms with Gasteiger partial charge in [0.2, 0.25) is 0 Å². The third kappa shape index (κ3) is 3.48. The molecule has 0 aromatic rings. The van der Waals surface area contributed by atoms with E-state index in [1.165, 1.54) is 0 Å². The highest BCUT2D eigenvalue weighted by molar-refractivity contribution is 7.86. The molecule has 0 radical (unpaired) electrons. The van der Waals surface area contributed by atoms with Crippen molar-refractivity contribution in [3.8, 4) is 0 Å². The van der Waals surface area contributed by atoms with E-state index in [1.54, 1.807) is 8.61 Å². The van der Waals surface area contributed by atoms with Crippen molar-refractivity contribution < 1.29 is 17.9 Å². The fourth-order valence-electron chi connectivity index (χ4n) is 4.01. The van der Waals surface area contributed by atoms with E-state index in [1.807, 2.05) is 0 Å². The van der Waals surface area contributed by atoms with Crippen LogP contribution in [-0.2, 0) is 19.7 Å². The predicted molar refractivity (Wildman–Crippen MR) is 83.4 cm³/mol. The predicted octanol–water partition coefficient (Wildman–Crippen LogP) is 1.29. The van der Waals surface area contributed by atoms with E-state index in [0.717, 1.165) is 19.3 Å². The van der Waals surface area contributed by atoms with Crippen molar-refractivity contribution in [2.75, 3.05) is 39.4 Å². The highest BCUT2D eigenvalue weighted by atomic mass is 32.2. The molecular weight excluding hydrogens is 304 g/mol. The Morgan fingerprint density at radius 1 is 0.955 bits per heavy atom. The van der Waals surface area contributed by atoms with Crippen molar-refractivity contribution in [3.05, 3.63) is 0 Å². The van der Waals surface area contributed by atoms with Gasteiger partial charge >= 0.3 is 0 Å². The van der Waals surface area contributed by atoms with Crippen LogP contribution in [0.5, 0.6) is 0 Å². The van der Waals surface area contributed by atoms with Crippen LogP contribution in [0.2, 0.25) is 0 Å². The molecule has 0 aromatic carbocycles. The summed E-state index contributed by atoms with van der Waals surface area (Å²) >= 11 is 0. The summed E-state index contributed by atoms with van der Waals surface area (Å²) in [6.45, 7) is 7.94. The lowest BCUT2D eigenvalue weighted by molar-refractivity contribution is -0.0943. The van der Waals surface area contributed by atoms with Crippen molar-refractivity contribution >= 4 is 10.2 Å². The summed E-state index contributed by atoms with van der Waals surface area (Å²) in [5.41, 5.74) is 0. The first-order valence-electron chi connectivity index (χ1n) is 8.45. The first-order valence-corrected chi connectivity index (χ1v) is 9.85. The van der Waals surface area contributed by atoms with Gasteiger partial charge in [0.1, 0.15) is 0 Å². The van der Waals surface area contributed by atoms with Crippen LogP contribution in [0.4, 0.5) is 0 Å². The van der Waals surface area contributed by atoms with Gasteiger partial charge in [0.25, 0.3) is 10.2 Å². The fourth-order valence-corrected chi connectivity index (χ4v) is 5.96. The maximum atomic E-state index is 13.0. The molecule has 3 fully saturated rings. The zero-order chi connectivity index (χ0) is 15.7. The second kappa shape index (κ2) is 6.73. The monoisotopic (exact) mass is 332 g/mol. The smallest absolute Gasteiger partial charge is 0.282 e. The summed E-state index contributed by atoms with van der Waals surface area (Å²) in [7, 11) is -3.36. The number of ether oxygens (including phenoxy) is 2. The van der Waals surface area contributed by atoms with Gasteiger partial charge < -0.3 is 9.47 Å². The van der Waals surface area contributed by atoms with Crippen molar-refractivity contribution in [2.45, 2.75) is 39.4 Å². The summed E-state index contributed by atoms with van der Waals surface area (Å²) in [6, 6.07) is 0. The van der Waals surface area contributed by atoms with Gasteiger partial charge in [0, 0.05) is 32.1 Å². The molecule has 0 aliphatic carbocycles. The first-order chi connectivity index (χ1) is 10.5. The van der Waals surface area contributed by atoms with Crippen LogP contribution in [0.25, 0.3) is 0 Å². The summed E-state index contributed by atoms with van der Waals surface area (Å²) in [6.07, 6.45) is 2.74. The quantitative estimate of drug-likeness (QED) is 0.781. The van der Waals surface area contributed by atoms with Crippen molar-refractivity contribution in [3.63, 3.8) is 0 Å². The lowest BCUT2D eigenvalue weighted by Crippen LogP contribution is -2.53. The Morgan fingerprint density at radius 2 is 1.59 bits per heavy atom. The maximum Gasteiger partial charge on any atom is 0.282 e. The normalized spacial score (nSPS) is 36.7. The lowest BCUT2D eigenvalue weighted by atomic mass is 9.94. The van der Waals surface area contributed by atoms with E-state index < -0.39 is 10.2 Å². The molecule has 0 amide bonds. The zero-order valence-electron chi connectivity index (χ0n) is 13.6. The Labute approximate surface area is 133 Å². The third-order valence-electron chi connectivity index (χ3n) is 4.94. The minimum absolute atomic E-state index is 0.158. The topological polar surface area (TPSA) is 59.1 Å². The third-order valence-corrected chi connectivity index (χ3v) is 6.88. The minimum Gasteiger partial charge on any atom is -0.350 e. The lowest BCUT2D eigenvalue weighted by Gasteiger charge is -2.40. The van der Waals surface area contributed by atoms with Crippen LogP contribution in [-0.4, -0.2) is 62.7 Å². The van der Waals surface area contributed by atoms with Gasteiger partial charge in [0.15, 0.2) is 6.29 Å². The first kappa shape index (κ1) is 16.6. The molecule has 0 saturated carbocycles. The Hall–Kier alpha value is -0.210. The molecule has 128 valence electrons. The van der Waals surface area contributed by atoms with Crippen LogP contribution < -0.4 is 0 Å². The van der Waals surface area contributed by atoms with E-state index in [9.17, 15) is 8.42 Å². The second-order valence-electron chi connectivity index (χ2n) is 7.14. The molecule has 6 nitrogen and oxygen atoms in total. The SMILES string of the molecule is C[C@@H]1C[C@@H](C)CN(S(=O)(=O)N2CCC[C@@H](C3OCCO3)C2)C1. The molecule has 0 aromatic heterocycles. The zero-order valence-corrected chi connectivity index (χ0v) is 14.4. The number of rotatable bonds is 3. The Balaban J connectivity index is 1.68. The second-order valence-corrected chi connectivity index (χ2v) is 9.07. The van der Waals surface area contributed by atoms with Gasteiger partial charge in [0.05, 0.1) is 13.2 Å². The van der Waals surface area contributed by atoms with Crippen LogP contribution in [0.3, 0.4) is 0 Å². The summed E-state index contributed by atoms with van der Waals surface area (Å²) in [4.78, 5) is 0. The standard InChI is InChI=1S/C15H28N2O4S/c1-12-8-13(2)10-17(9-12)22(18,19)16-5-3-4-14(11-16)15-20-6-7-21-15/h12-15H,3-11H2,1-2H3/t12-,13-,14-/m1/s1. The fraction of sp³-hybridized carbons (Fsp3) is 1.00. The van der Waals surface area contributed by atoms with Gasteiger partial charge in [-0.25, -0.2) is 0 Å². The molecule has 0 N–H and O–H groups in total. The molecule has 0 bridgehead atoms. The molecule has 3 aliphatic rings. The van der Waals surface area contributed by atoms with Crippen molar-refractivity contribution in [1.82, 2.24) is 8.61 Å². The Kier molecular flexibility index (Phi) is 5.09. The average Bonchev–Trinajstić information content (AvgIpc) is 3.00. The van der Waals surface area contributed by atoms with Gasteiger partial charge in [-0.2, -0.15) is 17.0 Å². The molecule has 0 spiro atoms. The van der Waals surface area contributed by atoms with Gasteiger partial charge in [-0.05, 0) is 31.1 Å². The van der Waals surface area contributed by atoms with Gasteiger partial charge in [-0.1, -0.05) is 13.8 Å². The highest BCUT2D eigenvalue weighted by Crippen LogP contribution is 2.30. The molecule has 3 rings (SSSR count). The number of hydrogen-bond donors (Lipinski definition) is 0. The average molecular weight is 332 g/mol. The minimum atomic E-state index is -3.36. The van der Waals surface area contributed by atoms with Gasteiger partial charge in [-0.15, -0.1) is 0 Å². The summed E-state index contributed by atoms with van der Waals surface area (Å²) < 4.78 is 40.4. The van der Waals surface area contributed by atoms with Crippen LogP contribution in [0.15, 0.2) is 0 Å². The molecule has 7 heteroatoms. The van der Waals surface area contributed by atoms with Crippen molar-refractivity contribution in [2.24, 2.45) is 17.8 Å². The van der Waals surface area contributed by atoms with Crippen LogP contribution >= 0.6 is 0 Å². The van der Waals surface area contributed by atoms with E-state index in [2.05, 4.69) is 13.8 Å². The Morgan fingerprint density at radius 3 is 2.23 bits per heavy atom. The molecule has 0 unspecified atom stereocenters. The van der Waals surface area contributed by atoms with E-state index in [0.29, 0.717) is 51.2 Å². The number of piperidine rings is 2. The highest BCUT2D eigenvalue weighted by Gasteiger charge is 2.39. The van der Waals surface area contributed by atoms with Crippen LogP contribution in [0.1, 0.15) is 33.1 Å². The van der Waals surface area contributed by atoms with E-state index in [-0.39, 0.29) is 12.2 Å². The molecule has 3 aliphatic heterocycles. The maximum absolute atomic E-state index is 13.0. The number of hydrogen-bond acceptors (Lipinski definition) is 4. The molecule has 3 atom stereocenters. The molecule has 3 saturated heterocycles. The molecular formula is C15H28N2O4S. The Bertz CT molecular complexity index is 468. The summed E-state index contributed by atoms with van der Waals surface area (Å²) in [5, 5.41) is 0. The number of nitrogens with zero attached hydrogens (tertiary/aromatic N) is 2. The molecule has 22 heavy (non-hydrogen) atoms. The van der Waals surface area contributed by atoms with Crippen LogP contribution in [0, 0.1) is 17.8 Å².